The van der Waals surface area contributed by atoms with Crippen molar-refractivity contribution in [2.45, 2.75) is 40.0 Å². The van der Waals surface area contributed by atoms with E-state index in [9.17, 15) is 0 Å². The number of hydrogen-bond donors (Lipinski definition) is 1. The molecule has 0 bridgehead atoms. The maximum Gasteiger partial charge on any atom is 0.150 e. The fourth-order valence-corrected chi connectivity index (χ4v) is 3.22. The number of nitrogen functional groups attached to an aromatic ring is 1. The number of anilines is 2. The van der Waals surface area contributed by atoms with Gasteiger partial charge in [-0.1, -0.05) is 27.2 Å². The zero-order chi connectivity index (χ0) is 13.3. The van der Waals surface area contributed by atoms with Crippen LogP contribution in [0.3, 0.4) is 0 Å². The normalized spacial score (nSPS) is 24.6. The Hall–Kier alpha value is -1.19. The van der Waals surface area contributed by atoms with Gasteiger partial charge in [-0.25, -0.2) is 0 Å². The van der Waals surface area contributed by atoms with Crippen molar-refractivity contribution in [2.24, 2.45) is 18.9 Å². The molecule has 18 heavy (non-hydrogen) atoms. The van der Waals surface area contributed by atoms with Crippen LogP contribution in [-0.4, -0.2) is 22.9 Å². The molecular formula is C14H26N4. The Morgan fingerprint density at radius 1 is 1.28 bits per heavy atom. The number of rotatable bonds is 3. The van der Waals surface area contributed by atoms with E-state index in [0.717, 1.165) is 55.0 Å². The molecule has 0 aliphatic carbocycles. The molecule has 2 heterocycles. The van der Waals surface area contributed by atoms with Gasteiger partial charge in [-0.3, -0.25) is 4.68 Å². The topological polar surface area (TPSA) is 47.1 Å². The predicted molar refractivity (Wildman–Crippen MR) is 76.8 cm³/mol. The first-order valence-corrected chi connectivity index (χ1v) is 7.09. The van der Waals surface area contributed by atoms with Crippen molar-refractivity contribution < 1.29 is 0 Å². The molecule has 0 saturated carbocycles. The lowest BCUT2D eigenvalue weighted by atomic mass is 9.92. The Morgan fingerprint density at radius 2 is 1.89 bits per heavy atom. The Balaban J connectivity index is 2.26. The maximum absolute atomic E-state index is 6.29. The van der Waals surface area contributed by atoms with E-state index in [1.165, 1.54) is 6.42 Å². The molecule has 0 spiro atoms. The van der Waals surface area contributed by atoms with Crippen LogP contribution in [0.5, 0.6) is 0 Å². The van der Waals surface area contributed by atoms with Crippen molar-refractivity contribution in [3.63, 3.8) is 0 Å². The summed E-state index contributed by atoms with van der Waals surface area (Å²) in [5.41, 5.74) is 8.23. The van der Waals surface area contributed by atoms with Gasteiger partial charge < -0.3 is 10.6 Å². The van der Waals surface area contributed by atoms with Gasteiger partial charge in [0.15, 0.2) is 0 Å². The molecule has 2 atom stereocenters. The van der Waals surface area contributed by atoms with Crippen LogP contribution >= 0.6 is 0 Å². The number of piperidine rings is 1. The monoisotopic (exact) mass is 250 g/mol. The second-order valence-corrected chi connectivity index (χ2v) is 5.91. The smallest absolute Gasteiger partial charge is 0.150 e. The highest BCUT2D eigenvalue weighted by atomic mass is 15.4. The summed E-state index contributed by atoms with van der Waals surface area (Å²) in [7, 11) is 2.01. The van der Waals surface area contributed by atoms with E-state index in [1.54, 1.807) is 0 Å². The molecule has 1 fully saturated rings. The van der Waals surface area contributed by atoms with Crippen LogP contribution in [0.15, 0.2) is 0 Å². The largest absolute Gasteiger partial charge is 0.394 e. The summed E-state index contributed by atoms with van der Waals surface area (Å²) in [6, 6.07) is 0. The fourth-order valence-electron chi connectivity index (χ4n) is 3.22. The molecule has 1 aromatic heterocycles. The lowest BCUT2D eigenvalue weighted by Crippen LogP contribution is -2.40. The average molecular weight is 250 g/mol. The van der Waals surface area contributed by atoms with E-state index in [0.29, 0.717) is 0 Å². The summed E-state index contributed by atoms with van der Waals surface area (Å²) in [6.07, 6.45) is 3.38. The van der Waals surface area contributed by atoms with E-state index >= 15 is 0 Å². The van der Waals surface area contributed by atoms with Gasteiger partial charge in [-0.2, -0.15) is 5.10 Å². The maximum atomic E-state index is 6.29. The Labute approximate surface area is 110 Å². The molecule has 1 saturated heterocycles. The van der Waals surface area contributed by atoms with Crippen LogP contribution in [0.4, 0.5) is 11.5 Å². The van der Waals surface area contributed by atoms with Crippen LogP contribution in [-0.2, 0) is 13.5 Å². The Bertz CT molecular complexity index is 400. The van der Waals surface area contributed by atoms with E-state index in [-0.39, 0.29) is 0 Å². The number of nitrogens with two attached hydrogens (primary N) is 1. The molecule has 1 aromatic rings. The summed E-state index contributed by atoms with van der Waals surface area (Å²) >= 11 is 0. The van der Waals surface area contributed by atoms with Gasteiger partial charge in [-0.05, 0) is 24.7 Å². The third-order valence-electron chi connectivity index (χ3n) is 3.78. The summed E-state index contributed by atoms with van der Waals surface area (Å²) in [5.74, 6) is 2.59. The first-order valence-electron chi connectivity index (χ1n) is 7.09. The highest BCUT2D eigenvalue weighted by Crippen LogP contribution is 2.32. The second kappa shape index (κ2) is 5.21. The number of nitrogens with zero attached hydrogens (tertiary/aromatic N) is 3. The van der Waals surface area contributed by atoms with Crippen molar-refractivity contribution in [1.82, 2.24) is 9.78 Å². The molecular weight excluding hydrogens is 224 g/mol. The van der Waals surface area contributed by atoms with Crippen LogP contribution < -0.4 is 10.6 Å². The van der Waals surface area contributed by atoms with Crippen molar-refractivity contribution in [2.75, 3.05) is 23.7 Å². The quantitative estimate of drug-likeness (QED) is 0.896. The van der Waals surface area contributed by atoms with Gasteiger partial charge in [0.05, 0.1) is 11.4 Å². The van der Waals surface area contributed by atoms with Gasteiger partial charge in [0.25, 0.3) is 0 Å². The molecule has 4 nitrogen and oxygen atoms in total. The summed E-state index contributed by atoms with van der Waals surface area (Å²) < 4.78 is 1.96. The van der Waals surface area contributed by atoms with Crippen molar-refractivity contribution >= 4 is 11.5 Å². The molecule has 2 N–H and O–H groups in total. The Morgan fingerprint density at radius 3 is 2.44 bits per heavy atom. The van der Waals surface area contributed by atoms with E-state index in [1.807, 2.05) is 11.7 Å². The minimum Gasteiger partial charge on any atom is -0.394 e. The number of hydrogen-bond acceptors (Lipinski definition) is 3. The number of aromatic nitrogens is 2. The first kappa shape index (κ1) is 13.2. The van der Waals surface area contributed by atoms with Crippen LogP contribution in [0.25, 0.3) is 0 Å². The fraction of sp³-hybridized carbons (Fsp3) is 0.786. The van der Waals surface area contributed by atoms with Gasteiger partial charge in [0, 0.05) is 20.1 Å². The number of aryl methyl sites for hydroxylation is 2. The molecule has 4 heteroatoms. The van der Waals surface area contributed by atoms with Gasteiger partial charge in [0.2, 0.25) is 0 Å². The summed E-state index contributed by atoms with van der Waals surface area (Å²) in [4.78, 5) is 2.42. The highest BCUT2D eigenvalue weighted by Gasteiger charge is 2.26. The lowest BCUT2D eigenvalue weighted by molar-refractivity contribution is 0.353. The molecule has 0 radical (unpaired) electrons. The van der Waals surface area contributed by atoms with Crippen LogP contribution in [0.1, 0.15) is 39.3 Å². The molecule has 2 rings (SSSR count). The summed E-state index contributed by atoms with van der Waals surface area (Å²) in [5, 5.41) is 4.58. The minimum atomic E-state index is 0.734. The highest BCUT2D eigenvalue weighted by molar-refractivity contribution is 5.66. The second-order valence-electron chi connectivity index (χ2n) is 5.91. The Kier molecular flexibility index (Phi) is 3.83. The molecule has 1 aliphatic rings. The third kappa shape index (κ3) is 2.47. The van der Waals surface area contributed by atoms with E-state index in [4.69, 9.17) is 5.73 Å². The first-order chi connectivity index (χ1) is 8.52. The van der Waals surface area contributed by atoms with Crippen LogP contribution in [0, 0.1) is 11.8 Å². The zero-order valence-electron chi connectivity index (χ0n) is 12.1. The van der Waals surface area contributed by atoms with Crippen LogP contribution in [0.2, 0.25) is 0 Å². The van der Waals surface area contributed by atoms with Gasteiger partial charge >= 0.3 is 0 Å². The third-order valence-corrected chi connectivity index (χ3v) is 3.78. The van der Waals surface area contributed by atoms with Crippen molar-refractivity contribution in [3.8, 4) is 0 Å². The van der Waals surface area contributed by atoms with Gasteiger partial charge in [0.1, 0.15) is 5.82 Å². The molecule has 102 valence electrons. The lowest BCUT2D eigenvalue weighted by Gasteiger charge is -2.36. The molecule has 2 unspecified atom stereocenters. The van der Waals surface area contributed by atoms with Gasteiger partial charge in [-0.15, -0.1) is 0 Å². The average Bonchev–Trinajstić information content (AvgIpc) is 2.53. The zero-order valence-corrected chi connectivity index (χ0v) is 12.1. The minimum absolute atomic E-state index is 0.734. The SMILES string of the molecule is CCCc1nn(C)c(N2CC(C)CC(C)C2)c1N. The standard InChI is InChI=1S/C14H26N4/c1-5-6-12-13(15)14(17(4)16-12)18-8-10(2)7-11(3)9-18/h10-11H,5-9,15H2,1-4H3. The van der Waals surface area contributed by atoms with E-state index in [2.05, 4.69) is 30.8 Å². The van der Waals surface area contributed by atoms with Crippen molar-refractivity contribution in [1.29, 1.82) is 0 Å². The molecule has 0 aromatic carbocycles. The summed E-state index contributed by atoms with van der Waals surface area (Å²) in [6.45, 7) is 9.00. The molecule has 1 aliphatic heterocycles. The predicted octanol–water partition coefficient (Wildman–Crippen LogP) is 2.44. The molecule has 0 amide bonds. The van der Waals surface area contributed by atoms with E-state index < -0.39 is 0 Å². The van der Waals surface area contributed by atoms with Crippen molar-refractivity contribution in [3.05, 3.63) is 5.69 Å².